The van der Waals surface area contributed by atoms with E-state index in [9.17, 15) is 4.79 Å². The average molecular weight is 335 g/mol. The van der Waals surface area contributed by atoms with Gasteiger partial charge in [0.2, 0.25) is 0 Å². The molecule has 4 nitrogen and oxygen atoms in total. The highest BCUT2D eigenvalue weighted by molar-refractivity contribution is 6.06. The van der Waals surface area contributed by atoms with Crippen LogP contribution in [-0.4, -0.2) is 19.5 Å². The van der Waals surface area contributed by atoms with Crippen LogP contribution in [0, 0.1) is 11.3 Å². The normalized spacial score (nSPS) is 10.4. The van der Waals surface area contributed by atoms with E-state index < -0.39 is 0 Å². The molecule has 2 aromatic carbocycles. The summed E-state index contributed by atoms with van der Waals surface area (Å²) in [5.41, 5.74) is 1.93. The van der Waals surface area contributed by atoms with Crippen molar-refractivity contribution in [3.8, 4) is 17.6 Å². The molecule has 2 rings (SSSR count). The van der Waals surface area contributed by atoms with E-state index in [4.69, 9.17) is 14.7 Å². The van der Waals surface area contributed by atoms with E-state index in [1.54, 1.807) is 37.5 Å². The van der Waals surface area contributed by atoms with Crippen molar-refractivity contribution in [1.82, 2.24) is 0 Å². The third-order valence-corrected chi connectivity index (χ3v) is 3.67. The Kier molecular flexibility index (Phi) is 6.79. The second-order valence-corrected chi connectivity index (χ2v) is 5.50. The van der Waals surface area contributed by atoms with Crippen LogP contribution in [-0.2, 0) is 0 Å². The number of nitriles is 1. The molecule has 0 N–H and O–H groups in total. The summed E-state index contributed by atoms with van der Waals surface area (Å²) in [7, 11) is 1.60. The summed E-state index contributed by atoms with van der Waals surface area (Å²) in [6, 6.07) is 14.2. The van der Waals surface area contributed by atoms with Crippen LogP contribution in [0.1, 0.15) is 41.3 Å². The topological polar surface area (TPSA) is 59.3 Å². The Hall–Kier alpha value is -3.06. The summed E-state index contributed by atoms with van der Waals surface area (Å²) < 4.78 is 11.1. The highest BCUT2D eigenvalue weighted by Crippen LogP contribution is 2.28. The fourth-order valence-corrected chi connectivity index (χ4v) is 2.21. The van der Waals surface area contributed by atoms with Crippen molar-refractivity contribution in [2.45, 2.75) is 19.8 Å². The summed E-state index contributed by atoms with van der Waals surface area (Å²) in [6.07, 6.45) is 5.28. The zero-order valence-corrected chi connectivity index (χ0v) is 14.5. The molecular weight excluding hydrogens is 314 g/mol. The van der Waals surface area contributed by atoms with Crippen LogP contribution in [0.3, 0.4) is 0 Å². The van der Waals surface area contributed by atoms with Gasteiger partial charge in [-0.2, -0.15) is 5.26 Å². The zero-order chi connectivity index (χ0) is 18.1. The molecule has 0 aliphatic rings. The Balaban J connectivity index is 2.12. The standard InChI is InChI=1S/C21H21NO3/c1-3-4-13-25-21-14-16(8-12-20(21)24-2)7-11-19(23)18-9-5-17(15-22)6-10-18/h5-12,14H,3-4,13H2,1-2H3. The number of allylic oxidation sites excluding steroid dienone is 1. The smallest absolute Gasteiger partial charge is 0.185 e. The number of methoxy groups -OCH3 is 1. The first-order valence-corrected chi connectivity index (χ1v) is 8.21. The quantitative estimate of drug-likeness (QED) is 0.400. The largest absolute Gasteiger partial charge is 0.493 e. The average Bonchev–Trinajstić information content (AvgIpc) is 2.66. The number of ketones is 1. The van der Waals surface area contributed by atoms with Gasteiger partial charge in [-0.1, -0.05) is 25.5 Å². The highest BCUT2D eigenvalue weighted by Gasteiger charge is 2.06. The van der Waals surface area contributed by atoms with Gasteiger partial charge in [0.05, 0.1) is 25.3 Å². The fourth-order valence-electron chi connectivity index (χ4n) is 2.21. The molecule has 128 valence electrons. The SMILES string of the molecule is CCCCOc1cc(C=CC(=O)c2ccc(C#N)cc2)ccc1OC. The van der Waals surface area contributed by atoms with Crippen molar-refractivity contribution in [3.63, 3.8) is 0 Å². The van der Waals surface area contributed by atoms with Crippen LogP contribution < -0.4 is 9.47 Å². The maximum atomic E-state index is 12.2. The van der Waals surface area contributed by atoms with Crippen LogP contribution >= 0.6 is 0 Å². The van der Waals surface area contributed by atoms with Crippen LogP contribution in [0.4, 0.5) is 0 Å². The minimum atomic E-state index is -0.117. The van der Waals surface area contributed by atoms with Gasteiger partial charge in [-0.3, -0.25) is 4.79 Å². The molecule has 0 amide bonds. The lowest BCUT2D eigenvalue weighted by Crippen LogP contribution is -1.99. The first-order valence-electron chi connectivity index (χ1n) is 8.21. The molecule has 0 bridgehead atoms. The van der Waals surface area contributed by atoms with E-state index in [1.807, 2.05) is 24.3 Å². The number of nitrogens with zero attached hydrogens (tertiary/aromatic N) is 1. The highest BCUT2D eigenvalue weighted by atomic mass is 16.5. The minimum absolute atomic E-state index is 0.117. The lowest BCUT2D eigenvalue weighted by Gasteiger charge is -2.11. The number of carbonyl (C=O) groups is 1. The third kappa shape index (κ3) is 5.22. The summed E-state index contributed by atoms with van der Waals surface area (Å²) in [6.45, 7) is 2.73. The van der Waals surface area contributed by atoms with Crippen LogP contribution in [0.2, 0.25) is 0 Å². The van der Waals surface area contributed by atoms with Crippen LogP contribution in [0.15, 0.2) is 48.5 Å². The number of carbonyl (C=O) groups excluding carboxylic acids is 1. The molecule has 0 fully saturated rings. The zero-order valence-electron chi connectivity index (χ0n) is 14.5. The number of ether oxygens (including phenoxy) is 2. The van der Waals surface area contributed by atoms with E-state index >= 15 is 0 Å². The predicted octanol–water partition coefficient (Wildman–Crippen LogP) is 4.64. The fraction of sp³-hybridized carbons (Fsp3) is 0.238. The van der Waals surface area contributed by atoms with Crippen molar-refractivity contribution in [3.05, 3.63) is 65.2 Å². The Morgan fingerprint density at radius 1 is 1.16 bits per heavy atom. The minimum Gasteiger partial charge on any atom is -0.493 e. The second kappa shape index (κ2) is 9.29. The van der Waals surface area contributed by atoms with Crippen LogP contribution in [0.25, 0.3) is 6.08 Å². The molecule has 0 atom stereocenters. The van der Waals surface area contributed by atoms with Gasteiger partial charge in [0.25, 0.3) is 0 Å². The molecule has 4 heteroatoms. The van der Waals surface area contributed by atoms with Crippen molar-refractivity contribution in [2.24, 2.45) is 0 Å². The molecule has 0 unspecified atom stereocenters. The molecule has 0 heterocycles. The number of unbranched alkanes of at least 4 members (excludes halogenated alkanes) is 1. The first-order chi connectivity index (χ1) is 12.2. The monoisotopic (exact) mass is 335 g/mol. The van der Waals surface area contributed by atoms with Crippen molar-refractivity contribution < 1.29 is 14.3 Å². The van der Waals surface area contributed by atoms with Crippen molar-refractivity contribution in [2.75, 3.05) is 13.7 Å². The summed E-state index contributed by atoms with van der Waals surface area (Å²) in [4.78, 5) is 12.2. The Morgan fingerprint density at radius 3 is 2.56 bits per heavy atom. The molecule has 0 radical (unpaired) electrons. The molecule has 0 spiro atoms. The summed E-state index contributed by atoms with van der Waals surface area (Å²) in [5.74, 6) is 1.23. The lowest BCUT2D eigenvalue weighted by molar-refractivity contribution is 0.104. The molecule has 0 saturated carbocycles. The molecule has 0 aromatic heterocycles. The number of benzene rings is 2. The molecular formula is C21H21NO3. The Labute approximate surface area is 148 Å². The van der Waals surface area contributed by atoms with Crippen LogP contribution in [0.5, 0.6) is 11.5 Å². The Morgan fingerprint density at radius 2 is 1.92 bits per heavy atom. The van der Waals surface area contributed by atoms with Gasteiger partial charge in [0, 0.05) is 5.56 Å². The summed E-state index contributed by atoms with van der Waals surface area (Å²) >= 11 is 0. The predicted molar refractivity (Wildman–Crippen MR) is 97.9 cm³/mol. The summed E-state index contributed by atoms with van der Waals surface area (Å²) in [5, 5.41) is 8.79. The lowest BCUT2D eigenvalue weighted by atomic mass is 10.1. The van der Waals surface area contributed by atoms with Gasteiger partial charge in [0.15, 0.2) is 17.3 Å². The molecule has 0 aliphatic heterocycles. The number of hydrogen-bond donors (Lipinski definition) is 0. The van der Waals surface area contributed by atoms with E-state index in [0.717, 1.165) is 18.4 Å². The maximum absolute atomic E-state index is 12.2. The maximum Gasteiger partial charge on any atom is 0.185 e. The number of hydrogen-bond acceptors (Lipinski definition) is 4. The molecule has 0 saturated heterocycles. The first kappa shape index (κ1) is 18.3. The third-order valence-electron chi connectivity index (χ3n) is 3.67. The van der Waals surface area contributed by atoms with Gasteiger partial charge >= 0.3 is 0 Å². The van der Waals surface area contributed by atoms with E-state index in [-0.39, 0.29) is 5.78 Å². The molecule has 0 aliphatic carbocycles. The van der Waals surface area contributed by atoms with Gasteiger partial charge in [0.1, 0.15) is 0 Å². The second-order valence-electron chi connectivity index (χ2n) is 5.50. The molecule has 25 heavy (non-hydrogen) atoms. The van der Waals surface area contributed by atoms with Crippen molar-refractivity contribution in [1.29, 1.82) is 5.26 Å². The van der Waals surface area contributed by atoms with E-state index in [0.29, 0.717) is 29.2 Å². The van der Waals surface area contributed by atoms with Crippen molar-refractivity contribution >= 4 is 11.9 Å². The van der Waals surface area contributed by atoms with E-state index in [2.05, 4.69) is 6.92 Å². The van der Waals surface area contributed by atoms with Gasteiger partial charge < -0.3 is 9.47 Å². The number of rotatable bonds is 8. The van der Waals surface area contributed by atoms with E-state index in [1.165, 1.54) is 6.08 Å². The van der Waals surface area contributed by atoms with Gasteiger partial charge in [-0.05, 0) is 54.5 Å². The Bertz CT molecular complexity index is 786. The van der Waals surface area contributed by atoms with Gasteiger partial charge in [-0.15, -0.1) is 0 Å². The van der Waals surface area contributed by atoms with Gasteiger partial charge in [-0.25, -0.2) is 0 Å². The molecule has 2 aromatic rings.